The van der Waals surface area contributed by atoms with Crippen LogP contribution < -0.4 is 5.73 Å². The lowest BCUT2D eigenvalue weighted by Crippen LogP contribution is -2.06. The van der Waals surface area contributed by atoms with E-state index in [1.54, 1.807) is 18.2 Å². The first-order chi connectivity index (χ1) is 8.66. The molecule has 0 aliphatic heterocycles. The Morgan fingerprint density at radius 2 is 1.84 bits per heavy atom. The lowest BCUT2D eigenvalue weighted by Gasteiger charge is -2.06. The van der Waals surface area contributed by atoms with Crippen molar-refractivity contribution in [1.82, 2.24) is 0 Å². The van der Waals surface area contributed by atoms with Crippen molar-refractivity contribution in [3.63, 3.8) is 0 Å². The van der Waals surface area contributed by atoms with Crippen LogP contribution in [0.3, 0.4) is 0 Å². The first kappa shape index (κ1) is 15.1. The molecule has 0 aliphatic rings. The van der Waals surface area contributed by atoms with Crippen LogP contribution in [0.4, 0.5) is 5.69 Å². The van der Waals surface area contributed by atoms with E-state index in [0.29, 0.717) is 11.3 Å². The molecule has 19 heavy (non-hydrogen) atoms. The van der Waals surface area contributed by atoms with Crippen molar-refractivity contribution in [2.75, 3.05) is 5.73 Å². The minimum Gasteiger partial charge on any atom is -0.457 e. The number of nitrogens with two attached hydrogens (primary N) is 1. The quantitative estimate of drug-likeness (QED) is 0.691. The highest BCUT2D eigenvalue weighted by Gasteiger charge is 2.08. The molecule has 0 radical (unpaired) electrons. The van der Waals surface area contributed by atoms with E-state index >= 15 is 0 Å². The summed E-state index contributed by atoms with van der Waals surface area (Å²) < 4.78 is 5.23. The summed E-state index contributed by atoms with van der Waals surface area (Å²) >= 11 is 0. The maximum Gasteiger partial charge on any atom is 0.338 e. The van der Waals surface area contributed by atoms with E-state index in [4.69, 9.17) is 10.5 Å². The third-order valence-corrected chi connectivity index (χ3v) is 2.72. The number of hydrogen-bond acceptors (Lipinski definition) is 3. The van der Waals surface area contributed by atoms with Crippen molar-refractivity contribution in [3.8, 4) is 0 Å². The summed E-state index contributed by atoms with van der Waals surface area (Å²) in [7, 11) is 0. The van der Waals surface area contributed by atoms with E-state index in [-0.39, 0.29) is 25.0 Å². The van der Waals surface area contributed by atoms with Gasteiger partial charge in [-0.2, -0.15) is 0 Å². The van der Waals surface area contributed by atoms with Gasteiger partial charge in [-0.25, -0.2) is 4.79 Å². The molecule has 0 amide bonds. The number of halogens is 1. The van der Waals surface area contributed by atoms with Gasteiger partial charge in [-0.15, -0.1) is 12.4 Å². The molecule has 0 fully saturated rings. The van der Waals surface area contributed by atoms with Crippen LogP contribution in [-0.4, -0.2) is 5.97 Å². The summed E-state index contributed by atoms with van der Waals surface area (Å²) in [6, 6.07) is 14.7. The largest absolute Gasteiger partial charge is 0.457 e. The summed E-state index contributed by atoms with van der Waals surface area (Å²) in [5, 5.41) is 0. The Morgan fingerprint density at radius 1 is 1.16 bits per heavy atom. The van der Waals surface area contributed by atoms with Gasteiger partial charge in [0.1, 0.15) is 6.61 Å². The maximum absolute atomic E-state index is 11.8. The minimum absolute atomic E-state index is 0. The highest BCUT2D eigenvalue weighted by molar-refractivity contribution is 5.90. The summed E-state index contributed by atoms with van der Waals surface area (Å²) in [4.78, 5) is 11.8. The van der Waals surface area contributed by atoms with Gasteiger partial charge >= 0.3 is 5.97 Å². The fourth-order valence-corrected chi connectivity index (χ4v) is 1.61. The molecule has 0 saturated heterocycles. The van der Waals surface area contributed by atoms with Gasteiger partial charge in [0.05, 0.1) is 5.56 Å². The second kappa shape index (κ2) is 6.81. The van der Waals surface area contributed by atoms with Gasteiger partial charge in [-0.05, 0) is 36.2 Å². The van der Waals surface area contributed by atoms with Crippen LogP contribution in [-0.2, 0) is 11.3 Å². The molecule has 2 aromatic carbocycles. The zero-order chi connectivity index (χ0) is 13.0. The Balaban J connectivity index is 0.00000180. The summed E-state index contributed by atoms with van der Waals surface area (Å²) in [5.74, 6) is -0.332. The van der Waals surface area contributed by atoms with Crippen LogP contribution in [0.2, 0.25) is 0 Å². The molecule has 0 aliphatic carbocycles. The molecular weight excluding hydrogens is 262 g/mol. The van der Waals surface area contributed by atoms with Crippen molar-refractivity contribution >= 4 is 24.1 Å². The normalized spacial score (nSPS) is 9.53. The molecule has 100 valence electrons. The minimum atomic E-state index is -0.332. The number of rotatable bonds is 3. The van der Waals surface area contributed by atoms with Crippen LogP contribution in [0.5, 0.6) is 0 Å². The van der Waals surface area contributed by atoms with Crippen molar-refractivity contribution in [1.29, 1.82) is 0 Å². The SMILES string of the molecule is Cc1cc(C(=O)OCc2ccccc2)ccc1N.Cl. The second-order valence-corrected chi connectivity index (χ2v) is 4.13. The molecule has 2 aromatic rings. The highest BCUT2D eigenvalue weighted by atomic mass is 35.5. The summed E-state index contributed by atoms with van der Waals surface area (Å²) in [5.41, 5.74) is 8.75. The van der Waals surface area contributed by atoms with Gasteiger partial charge in [0.25, 0.3) is 0 Å². The van der Waals surface area contributed by atoms with Crippen LogP contribution in [0.25, 0.3) is 0 Å². The predicted octanol–water partition coefficient (Wildman–Crippen LogP) is 3.36. The van der Waals surface area contributed by atoms with Crippen molar-refractivity contribution in [2.45, 2.75) is 13.5 Å². The highest BCUT2D eigenvalue weighted by Crippen LogP contribution is 2.14. The molecule has 0 bridgehead atoms. The number of benzene rings is 2. The van der Waals surface area contributed by atoms with E-state index in [0.717, 1.165) is 11.1 Å². The molecule has 0 aromatic heterocycles. The summed E-state index contributed by atoms with van der Waals surface area (Å²) in [6.07, 6.45) is 0. The first-order valence-electron chi connectivity index (χ1n) is 5.74. The molecule has 0 unspecified atom stereocenters. The van der Waals surface area contributed by atoms with Crippen molar-refractivity contribution < 1.29 is 9.53 Å². The fraction of sp³-hybridized carbons (Fsp3) is 0.133. The number of carbonyl (C=O) groups is 1. The third-order valence-electron chi connectivity index (χ3n) is 2.72. The number of hydrogen-bond donors (Lipinski definition) is 1. The number of anilines is 1. The maximum atomic E-state index is 11.8. The van der Waals surface area contributed by atoms with E-state index < -0.39 is 0 Å². The van der Waals surface area contributed by atoms with Gasteiger partial charge in [-0.1, -0.05) is 30.3 Å². The number of nitrogen functional groups attached to an aromatic ring is 1. The van der Waals surface area contributed by atoms with Gasteiger partial charge < -0.3 is 10.5 Å². The number of esters is 1. The second-order valence-electron chi connectivity index (χ2n) is 4.13. The Bertz CT molecular complexity index is 555. The average molecular weight is 278 g/mol. The van der Waals surface area contributed by atoms with Crippen LogP contribution in [0.15, 0.2) is 48.5 Å². The fourth-order valence-electron chi connectivity index (χ4n) is 1.61. The van der Waals surface area contributed by atoms with Crippen molar-refractivity contribution in [2.24, 2.45) is 0 Å². The smallest absolute Gasteiger partial charge is 0.338 e. The Hall–Kier alpha value is -2.00. The molecular formula is C15H16ClNO2. The molecule has 2 N–H and O–H groups in total. The van der Waals surface area contributed by atoms with E-state index in [2.05, 4.69) is 0 Å². The van der Waals surface area contributed by atoms with Gasteiger partial charge in [0, 0.05) is 5.69 Å². The van der Waals surface area contributed by atoms with E-state index in [1.165, 1.54) is 0 Å². The third kappa shape index (κ3) is 4.00. The topological polar surface area (TPSA) is 52.3 Å². The first-order valence-corrected chi connectivity index (χ1v) is 5.74. The van der Waals surface area contributed by atoms with Crippen LogP contribution >= 0.6 is 12.4 Å². The molecule has 0 saturated carbocycles. The average Bonchev–Trinajstić information content (AvgIpc) is 2.40. The van der Waals surface area contributed by atoms with E-state index in [1.807, 2.05) is 37.3 Å². The number of ether oxygens (including phenoxy) is 1. The lowest BCUT2D eigenvalue weighted by atomic mass is 10.1. The van der Waals surface area contributed by atoms with Gasteiger partial charge in [-0.3, -0.25) is 0 Å². The Kier molecular flexibility index (Phi) is 5.39. The monoisotopic (exact) mass is 277 g/mol. The molecule has 0 heterocycles. The Morgan fingerprint density at radius 3 is 2.47 bits per heavy atom. The molecule has 2 rings (SSSR count). The zero-order valence-electron chi connectivity index (χ0n) is 10.6. The number of carbonyl (C=O) groups excluding carboxylic acids is 1. The predicted molar refractivity (Wildman–Crippen MR) is 78.4 cm³/mol. The van der Waals surface area contributed by atoms with Crippen molar-refractivity contribution in [3.05, 3.63) is 65.2 Å². The van der Waals surface area contributed by atoms with Gasteiger partial charge in [0.15, 0.2) is 0 Å². The summed E-state index contributed by atoms with van der Waals surface area (Å²) in [6.45, 7) is 2.15. The molecule has 0 spiro atoms. The van der Waals surface area contributed by atoms with Crippen LogP contribution in [0, 0.1) is 6.92 Å². The van der Waals surface area contributed by atoms with E-state index in [9.17, 15) is 4.79 Å². The molecule has 0 atom stereocenters. The molecule has 4 heteroatoms. The zero-order valence-corrected chi connectivity index (χ0v) is 11.4. The van der Waals surface area contributed by atoms with Gasteiger partial charge in [0.2, 0.25) is 0 Å². The Labute approximate surface area is 118 Å². The number of aryl methyl sites for hydroxylation is 1. The lowest BCUT2D eigenvalue weighted by molar-refractivity contribution is 0.0472. The standard InChI is InChI=1S/C15H15NO2.ClH/c1-11-9-13(7-8-14(11)16)15(17)18-10-12-5-3-2-4-6-12;/h2-9H,10,16H2,1H3;1H. The molecule has 3 nitrogen and oxygen atoms in total. The van der Waals surface area contributed by atoms with Crippen LogP contribution in [0.1, 0.15) is 21.5 Å².